The number of hydrogen-bond acceptors (Lipinski definition) is 4. The maximum absolute atomic E-state index is 5.44. The Morgan fingerprint density at radius 2 is 1.12 bits per heavy atom. The minimum atomic E-state index is 0.197. The molecule has 0 N–H and O–H groups in total. The average molecular weight is 234 g/mol. The molecular weight excluding hydrogens is 208 g/mol. The van der Waals surface area contributed by atoms with Crippen LogP contribution in [0.4, 0.5) is 0 Å². The maximum atomic E-state index is 5.44. The average Bonchev–Trinajstić information content (AvgIpc) is 2.33. The second-order valence-electron chi connectivity index (χ2n) is 3.68. The third kappa shape index (κ3) is 8.05. The summed E-state index contributed by atoms with van der Waals surface area (Å²) < 4.78 is 21.3. The Labute approximate surface area is 99.2 Å². The highest BCUT2D eigenvalue weighted by atomic mass is 16.6. The highest BCUT2D eigenvalue weighted by Crippen LogP contribution is 1.98. The molecule has 0 rings (SSSR count). The number of methoxy groups -OCH3 is 2. The van der Waals surface area contributed by atoms with E-state index in [9.17, 15) is 0 Å². The van der Waals surface area contributed by atoms with Crippen LogP contribution in [-0.4, -0.2) is 52.9 Å². The third-order valence-electron chi connectivity index (χ3n) is 2.56. The lowest BCUT2D eigenvalue weighted by molar-refractivity contribution is -0.0353. The van der Waals surface area contributed by atoms with Gasteiger partial charge in [0.25, 0.3) is 0 Å². The maximum Gasteiger partial charge on any atom is 0.0802 e. The zero-order chi connectivity index (χ0) is 12.2. The first-order valence-corrected chi connectivity index (χ1v) is 5.99. The Morgan fingerprint density at radius 3 is 1.38 bits per heavy atom. The van der Waals surface area contributed by atoms with E-state index in [1.807, 2.05) is 0 Å². The van der Waals surface area contributed by atoms with Gasteiger partial charge in [-0.1, -0.05) is 13.8 Å². The molecule has 0 heterocycles. The van der Waals surface area contributed by atoms with Gasteiger partial charge < -0.3 is 18.9 Å². The summed E-state index contributed by atoms with van der Waals surface area (Å²) in [6.07, 6.45) is 2.34. The molecule has 0 amide bonds. The Kier molecular flexibility index (Phi) is 11.2. The van der Waals surface area contributed by atoms with E-state index in [0.29, 0.717) is 26.4 Å². The summed E-state index contributed by atoms with van der Waals surface area (Å²) in [6, 6.07) is 0. The number of ether oxygens (including phenoxy) is 4. The van der Waals surface area contributed by atoms with Gasteiger partial charge in [0.2, 0.25) is 0 Å². The molecule has 0 bridgehead atoms. The van der Waals surface area contributed by atoms with E-state index in [0.717, 1.165) is 12.8 Å². The van der Waals surface area contributed by atoms with Crippen LogP contribution in [0.15, 0.2) is 0 Å². The SMILES string of the molecule is CCC(COCCOCC(CC)OC)OC. The lowest BCUT2D eigenvalue weighted by Crippen LogP contribution is -2.21. The van der Waals surface area contributed by atoms with E-state index in [1.54, 1.807) is 14.2 Å². The second-order valence-corrected chi connectivity index (χ2v) is 3.68. The third-order valence-corrected chi connectivity index (χ3v) is 2.56. The molecule has 0 radical (unpaired) electrons. The molecule has 0 aromatic carbocycles. The zero-order valence-corrected chi connectivity index (χ0v) is 11.0. The van der Waals surface area contributed by atoms with Crippen LogP contribution in [0.2, 0.25) is 0 Å². The molecule has 0 aromatic rings. The largest absolute Gasteiger partial charge is 0.379 e. The molecule has 0 saturated carbocycles. The molecule has 16 heavy (non-hydrogen) atoms. The minimum Gasteiger partial charge on any atom is -0.379 e. The first-order chi connectivity index (χ1) is 7.78. The van der Waals surface area contributed by atoms with E-state index in [2.05, 4.69) is 13.8 Å². The first kappa shape index (κ1) is 15.8. The molecule has 4 heteroatoms. The fourth-order valence-corrected chi connectivity index (χ4v) is 1.25. The van der Waals surface area contributed by atoms with Crippen LogP contribution in [0.1, 0.15) is 26.7 Å². The van der Waals surface area contributed by atoms with Gasteiger partial charge in [-0.05, 0) is 12.8 Å². The van der Waals surface area contributed by atoms with Gasteiger partial charge in [0.1, 0.15) is 0 Å². The minimum absolute atomic E-state index is 0.197. The van der Waals surface area contributed by atoms with Gasteiger partial charge in [0.05, 0.1) is 38.6 Å². The van der Waals surface area contributed by atoms with Crippen LogP contribution in [0, 0.1) is 0 Å². The van der Waals surface area contributed by atoms with Gasteiger partial charge in [0.15, 0.2) is 0 Å². The summed E-state index contributed by atoms with van der Waals surface area (Å²) >= 11 is 0. The van der Waals surface area contributed by atoms with E-state index in [4.69, 9.17) is 18.9 Å². The van der Waals surface area contributed by atoms with Crippen molar-refractivity contribution >= 4 is 0 Å². The fourth-order valence-electron chi connectivity index (χ4n) is 1.25. The molecular formula is C12H26O4. The molecule has 2 unspecified atom stereocenters. The van der Waals surface area contributed by atoms with Crippen LogP contribution >= 0.6 is 0 Å². The Morgan fingerprint density at radius 1 is 0.750 bits per heavy atom. The van der Waals surface area contributed by atoms with Crippen molar-refractivity contribution in [2.45, 2.75) is 38.9 Å². The van der Waals surface area contributed by atoms with Gasteiger partial charge in [-0.2, -0.15) is 0 Å². The molecule has 0 aliphatic rings. The number of rotatable bonds is 11. The highest BCUT2D eigenvalue weighted by Gasteiger charge is 2.05. The quantitative estimate of drug-likeness (QED) is 0.511. The summed E-state index contributed by atoms with van der Waals surface area (Å²) in [5, 5.41) is 0. The van der Waals surface area contributed by atoms with E-state index >= 15 is 0 Å². The van der Waals surface area contributed by atoms with Gasteiger partial charge in [-0.15, -0.1) is 0 Å². The van der Waals surface area contributed by atoms with Crippen LogP contribution in [0.5, 0.6) is 0 Å². The van der Waals surface area contributed by atoms with Crippen molar-refractivity contribution in [3.63, 3.8) is 0 Å². The van der Waals surface area contributed by atoms with Crippen molar-refractivity contribution in [3.8, 4) is 0 Å². The molecule has 4 nitrogen and oxygen atoms in total. The first-order valence-electron chi connectivity index (χ1n) is 5.99. The van der Waals surface area contributed by atoms with Gasteiger partial charge in [-0.25, -0.2) is 0 Å². The molecule has 2 atom stereocenters. The lowest BCUT2D eigenvalue weighted by atomic mass is 10.3. The standard InChI is InChI=1S/C12H26O4/c1-5-11(13-3)9-15-7-8-16-10-12(6-2)14-4/h11-12H,5-10H2,1-4H3. The number of hydrogen-bond donors (Lipinski definition) is 0. The van der Waals surface area contributed by atoms with Gasteiger partial charge in [0, 0.05) is 14.2 Å². The Balaban J connectivity index is 3.26. The molecule has 98 valence electrons. The van der Waals surface area contributed by atoms with Crippen LogP contribution in [0.3, 0.4) is 0 Å². The van der Waals surface area contributed by atoms with E-state index < -0.39 is 0 Å². The second kappa shape index (κ2) is 11.3. The van der Waals surface area contributed by atoms with Crippen LogP contribution in [0.25, 0.3) is 0 Å². The Hall–Kier alpha value is -0.160. The molecule has 0 aliphatic carbocycles. The summed E-state index contributed by atoms with van der Waals surface area (Å²) in [7, 11) is 3.41. The predicted octanol–water partition coefficient (Wildman–Crippen LogP) is 1.87. The van der Waals surface area contributed by atoms with Crippen molar-refractivity contribution in [1.29, 1.82) is 0 Å². The predicted molar refractivity (Wildman–Crippen MR) is 63.8 cm³/mol. The topological polar surface area (TPSA) is 36.9 Å². The van der Waals surface area contributed by atoms with Crippen molar-refractivity contribution in [2.75, 3.05) is 40.6 Å². The van der Waals surface area contributed by atoms with Crippen LogP contribution in [-0.2, 0) is 18.9 Å². The monoisotopic (exact) mass is 234 g/mol. The smallest absolute Gasteiger partial charge is 0.0802 e. The summed E-state index contributed by atoms with van der Waals surface area (Å²) in [6.45, 7) is 6.66. The lowest BCUT2D eigenvalue weighted by Gasteiger charge is -2.15. The van der Waals surface area contributed by atoms with Crippen LogP contribution < -0.4 is 0 Å². The van der Waals surface area contributed by atoms with Gasteiger partial charge >= 0.3 is 0 Å². The Bertz CT molecular complexity index is 117. The van der Waals surface area contributed by atoms with Gasteiger partial charge in [-0.3, -0.25) is 0 Å². The summed E-state index contributed by atoms with van der Waals surface area (Å²) in [5.74, 6) is 0. The van der Waals surface area contributed by atoms with E-state index in [-0.39, 0.29) is 12.2 Å². The molecule has 0 aliphatic heterocycles. The normalized spacial score (nSPS) is 15.0. The molecule has 0 aromatic heterocycles. The van der Waals surface area contributed by atoms with E-state index in [1.165, 1.54) is 0 Å². The molecule has 0 saturated heterocycles. The molecule has 0 fully saturated rings. The van der Waals surface area contributed by atoms with Crippen molar-refractivity contribution in [3.05, 3.63) is 0 Å². The summed E-state index contributed by atoms with van der Waals surface area (Å²) in [5.41, 5.74) is 0. The molecule has 0 spiro atoms. The van der Waals surface area contributed by atoms with Crippen molar-refractivity contribution in [1.82, 2.24) is 0 Å². The van der Waals surface area contributed by atoms with Crippen molar-refractivity contribution < 1.29 is 18.9 Å². The van der Waals surface area contributed by atoms with Crippen molar-refractivity contribution in [2.24, 2.45) is 0 Å². The fraction of sp³-hybridized carbons (Fsp3) is 1.00. The zero-order valence-electron chi connectivity index (χ0n) is 11.0. The highest BCUT2D eigenvalue weighted by molar-refractivity contribution is 4.53. The summed E-state index contributed by atoms with van der Waals surface area (Å²) in [4.78, 5) is 0.